The molecule has 2 heterocycles. The van der Waals surface area contributed by atoms with Gasteiger partial charge in [0.2, 0.25) is 0 Å². The third kappa shape index (κ3) is 8.42. The number of hydrogen-bond acceptors (Lipinski definition) is 4. The fraction of sp³-hybridized carbons (Fsp3) is 0.923. The third-order valence-electron chi connectivity index (χ3n) is 8.06. The zero-order valence-electron chi connectivity index (χ0n) is 21.6. The molecule has 0 aromatic carbocycles. The van der Waals surface area contributed by atoms with Gasteiger partial charge in [0.15, 0.2) is 0 Å². The van der Waals surface area contributed by atoms with Gasteiger partial charge in [-0.2, -0.15) is 0 Å². The van der Waals surface area contributed by atoms with Crippen molar-refractivity contribution in [3.05, 3.63) is 0 Å². The molecule has 2 aliphatic rings. The van der Waals surface area contributed by atoms with Gasteiger partial charge in [0.25, 0.3) is 0 Å². The van der Waals surface area contributed by atoms with E-state index in [4.69, 9.17) is 0 Å². The van der Waals surface area contributed by atoms with Crippen LogP contribution < -0.4 is 0 Å². The zero-order chi connectivity index (χ0) is 25.5. The Kier molecular flexibility index (Phi) is 11.2. The maximum Gasteiger partial charge on any atom is 0.309 e. The second kappa shape index (κ2) is 13.0. The molecule has 6 nitrogen and oxygen atoms in total. The summed E-state index contributed by atoms with van der Waals surface area (Å²) < 4.78 is 25.9. The maximum atomic E-state index is 13.0. The lowest BCUT2D eigenvalue weighted by Crippen LogP contribution is -2.23. The molecule has 0 amide bonds. The summed E-state index contributed by atoms with van der Waals surface area (Å²) in [6.45, 7) is 7.04. The quantitative estimate of drug-likeness (QED) is 0.270. The summed E-state index contributed by atoms with van der Waals surface area (Å²) in [7, 11) is -1.67. The number of aliphatic carboxylic acids is 2. The van der Waals surface area contributed by atoms with Gasteiger partial charge in [0.1, 0.15) is 0 Å². The molecule has 6 unspecified atom stereocenters. The third-order valence-corrected chi connectivity index (χ3v) is 12.6. The maximum absolute atomic E-state index is 13.0. The molecule has 0 saturated carbocycles. The van der Waals surface area contributed by atoms with Crippen LogP contribution in [0, 0.1) is 10.8 Å². The van der Waals surface area contributed by atoms with Crippen molar-refractivity contribution < 1.29 is 28.2 Å². The van der Waals surface area contributed by atoms with Crippen molar-refractivity contribution in [2.45, 2.75) is 139 Å². The molecule has 2 aliphatic heterocycles. The highest BCUT2D eigenvalue weighted by Gasteiger charge is 2.36. The Morgan fingerprint density at radius 1 is 0.618 bits per heavy atom. The normalized spacial score (nSPS) is 30.0. The standard InChI is InChI=1S/C26H46O6S2/c1-25(2,23(27)28)17-7-5-9-19-11-13-21(33(19)31)15-16-22-14-12-20(34(22)32)10-6-8-18-26(3,4)24(29)30/h19-22H,5-18H2,1-4H3,(H,27,28)(H,29,30). The Bertz CT molecular complexity index is 686. The van der Waals surface area contributed by atoms with Crippen LogP contribution in [0.1, 0.15) is 118 Å². The largest absolute Gasteiger partial charge is 0.481 e. The Balaban J connectivity index is 1.65. The van der Waals surface area contributed by atoms with Crippen LogP contribution in [0.4, 0.5) is 0 Å². The molecule has 0 spiro atoms. The van der Waals surface area contributed by atoms with Gasteiger partial charge >= 0.3 is 11.9 Å². The van der Waals surface area contributed by atoms with Crippen molar-refractivity contribution in [3.63, 3.8) is 0 Å². The Morgan fingerprint density at radius 3 is 1.21 bits per heavy atom. The van der Waals surface area contributed by atoms with Crippen LogP contribution in [-0.2, 0) is 31.2 Å². The van der Waals surface area contributed by atoms with Gasteiger partial charge in [0, 0.05) is 42.6 Å². The first-order valence-electron chi connectivity index (χ1n) is 13.1. The van der Waals surface area contributed by atoms with Crippen molar-refractivity contribution >= 4 is 33.5 Å². The molecule has 0 aromatic rings. The van der Waals surface area contributed by atoms with E-state index < -0.39 is 44.4 Å². The summed E-state index contributed by atoms with van der Waals surface area (Å²) >= 11 is 0. The number of rotatable bonds is 15. The van der Waals surface area contributed by atoms with Crippen LogP contribution in [-0.4, -0.2) is 51.6 Å². The summed E-state index contributed by atoms with van der Waals surface area (Å²) in [5, 5.41) is 19.3. The van der Waals surface area contributed by atoms with E-state index in [1.807, 2.05) is 0 Å². The summed E-state index contributed by atoms with van der Waals surface area (Å²) in [5.41, 5.74) is -1.39. The molecule has 2 N–H and O–H groups in total. The van der Waals surface area contributed by atoms with Crippen LogP contribution in [0.2, 0.25) is 0 Å². The molecule has 0 radical (unpaired) electrons. The lowest BCUT2D eigenvalue weighted by Gasteiger charge is -2.19. The fourth-order valence-corrected chi connectivity index (χ4v) is 9.35. The van der Waals surface area contributed by atoms with E-state index in [0.717, 1.165) is 77.0 Å². The molecular weight excluding hydrogens is 472 g/mol. The lowest BCUT2D eigenvalue weighted by molar-refractivity contribution is -0.148. The van der Waals surface area contributed by atoms with Crippen molar-refractivity contribution in [2.75, 3.05) is 0 Å². The predicted molar refractivity (Wildman–Crippen MR) is 139 cm³/mol. The zero-order valence-corrected chi connectivity index (χ0v) is 23.2. The van der Waals surface area contributed by atoms with Crippen LogP contribution in [0.5, 0.6) is 0 Å². The molecule has 0 aliphatic carbocycles. The smallest absolute Gasteiger partial charge is 0.309 e. The van der Waals surface area contributed by atoms with E-state index in [9.17, 15) is 28.2 Å². The van der Waals surface area contributed by atoms with Gasteiger partial charge in [-0.15, -0.1) is 0 Å². The van der Waals surface area contributed by atoms with Gasteiger partial charge < -0.3 is 10.2 Å². The molecule has 2 rings (SSSR count). The summed E-state index contributed by atoms with van der Waals surface area (Å²) in [6.07, 6.45) is 12.4. The van der Waals surface area contributed by atoms with Crippen LogP contribution in [0.3, 0.4) is 0 Å². The highest BCUT2D eigenvalue weighted by atomic mass is 32.2. The second-order valence-electron chi connectivity index (χ2n) is 11.7. The van der Waals surface area contributed by atoms with Gasteiger partial charge in [0.05, 0.1) is 10.8 Å². The second-order valence-corrected chi connectivity index (χ2v) is 15.7. The Morgan fingerprint density at radius 2 is 0.912 bits per heavy atom. The van der Waals surface area contributed by atoms with Crippen LogP contribution >= 0.6 is 0 Å². The molecule has 2 saturated heterocycles. The van der Waals surface area contributed by atoms with Gasteiger partial charge in [-0.25, -0.2) is 0 Å². The highest BCUT2D eigenvalue weighted by Crippen LogP contribution is 2.35. The van der Waals surface area contributed by atoms with Gasteiger partial charge in [-0.3, -0.25) is 18.0 Å². The monoisotopic (exact) mass is 518 g/mol. The minimum atomic E-state index is -0.834. The molecule has 6 atom stereocenters. The molecule has 8 heteroatoms. The molecule has 198 valence electrons. The molecule has 34 heavy (non-hydrogen) atoms. The lowest BCUT2D eigenvalue weighted by atomic mass is 9.87. The van der Waals surface area contributed by atoms with Gasteiger partial charge in [-0.1, -0.05) is 25.7 Å². The van der Waals surface area contributed by atoms with E-state index >= 15 is 0 Å². The van der Waals surface area contributed by atoms with Crippen LogP contribution in [0.15, 0.2) is 0 Å². The number of carbonyl (C=O) groups is 2. The van der Waals surface area contributed by atoms with E-state index in [1.54, 1.807) is 27.7 Å². The fourth-order valence-electron chi connectivity index (χ4n) is 5.26. The van der Waals surface area contributed by atoms with Gasteiger partial charge in [-0.05, 0) is 91.9 Å². The highest BCUT2D eigenvalue weighted by molar-refractivity contribution is 7.87. The number of carboxylic acids is 2. The number of hydrogen-bond donors (Lipinski definition) is 2. The minimum absolute atomic E-state index is 0.217. The first-order valence-corrected chi connectivity index (χ1v) is 15.7. The first-order chi connectivity index (χ1) is 15.8. The van der Waals surface area contributed by atoms with Crippen molar-refractivity contribution in [1.29, 1.82) is 0 Å². The van der Waals surface area contributed by atoms with Crippen molar-refractivity contribution in [1.82, 2.24) is 0 Å². The number of carboxylic acid groups (broad SMARTS) is 2. The first kappa shape index (κ1) is 29.5. The van der Waals surface area contributed by atoms with E-state index in [1.165, 1.54) is 0 Å². The topological polar surface area (TPSA) is 109 Å². The molecule has 2 fully saturated rings. The van der Waals surface area contributed by atoms with Crippen molar-refractivity contribution in [3.8, 4) is 0 Å². The minimum Gasteiger partial charge on any atom is -0.481 e. The SMILES string of the molecule is CC(C)(CCCCC1CCC(CCC2CCC(CCCCC(C)(C)C(=O)O)S2=O)S1=O)C(=O)O. The van der Waals surface area contributed by atoms with Crippen LogP contribution in [0.25, 0.3) is 0 Å². The predicted octanol–water partition coefficient (Wildman–Crippen LogP) is 5.67. The molecule has 0 aromatic heterocycles. The Labute approximate surface area is 211 Å². The average molecular weight is 519 g/mol. The summed E-state index contributed by atoms with van der Waals surface area (Å²) in [6, 6.07) is 0. The van der Waals surface area contributed by atoms with E-state index in [0.29, 0.717) is 12.8 Å². The van der Waals surface area contributed by atoms with E-state index in [2.05, 4.69) is 0 Å². The number of unbranched alkanes of at least 4 members (excludes halogenated alkanes) is 2. The molecular formula is C26H46O6S2. The van der Waals surface area contributed by atoms with E-state index in [-0.39, 0.29) is 21.0 Å². The molecule has 0 bridgehead atoms. The Hall–Kier alpha value is -0.760. The summed E-state index contributed by atoms with van der Waals surface area (Å²) in [5.74, 6) is -1.52. The van der Waals surface area contributed by atoms with Crippen molar-refractivity contribution in [2.24, 2.45) is 10.8 Å². The summed E-state index contributed by atoms with van der Waals surface area (Å²) in [4.78, 5) is 22.4. The average Bonchev–Trinajstić information content (AvgIpc) is 3.29.